The number of thiophene rings is 1. The van der Waals surface area contributed by atoms with Gasteiger partial charge < -0.3 is 5.32 Å². The fourth-order valence-corrected chi connectivity index (χ4v) is 4.46. The molecule has 20 heavy (non-hydrogen) atoms. The zero-order valence-corrected chi connectivity index (χ0v) is 13.3. The highest BCUT2D eigenvalue weighted by atomic mass is 35.5. The minimum absolute atomic E-state index is 0.422. The molecule has 1 aliphatic carbocycles. The second kappa shape index (κ2) is 6.30. The number of benzene rings is 1. The minimum Gasteiger partial charge on any atom is -0.303 e. The maximum atomic E-state index is 6.19. The van der Waals surface area contributed by atoms with E-state index in [2.05, 4.69) is 48.6 Å². The molecule has 0 fully saturated rings. The van der Waals surface area contributed by atoms with Gasteiger partial charge in [-0.2, -0.15) is 0 Å². The van der Waals surface area contributed by atoms with Gasteiger partial charge in [-0.1, -0.05) is 48.9 Å². The highest BCUT2D eigenvalue weighted by Gasteiger charge is 2.24. The number of halogens is 1. The van der Waals surface area contributed by atoms with E-state index in [-0.39, 0.29) is 0 Å². The van der Waals surface area contributed by atoms with E-state index in [1.54, 1.807) is 11.3 Å². The summed E-state index contributed by atoms with van der Waals surface area (Å²) in [5.74, 6) is 0. The summed E-state index contributed by atoms with van der Waals surface area (Å²) in [6.45, 7) is 2.25. The van der Waals surface area contributed by atoms with Crippen molar-refractivity contribution >= 4 is 22.9 Å². The molecule has 1 heterocycles. The van der Waals surface area contributed by atoms with Crippen LogP contribution in [0, 0.1) is 0 Å². The summed E-state index contributed by atoms with van der Waals surface area (Å²) < 4.78 is 0.927. The minimum atomic E-state index is 0.422. The first-order valence-corrected chi connectivity index (χ1v) is 8.56. The second-order valence-electron chi connectivity index (χ2n) is 5.41. The lowest BCUT2D eigenvalue weighted by Crippen LogP contribution is -2.28. The Bertz CT molecular complexity index is 564. The van der Waals surface area contributed by atoms with E-state index in [1.165, 1.54) is 35.3 Å². The van der Waals surface area contributed by atoms with Gasteiger partial charge in [-0.3, -0.25) is 0 Å². The quantitative estimate of drug-likeness (QED) is 0.784. The molecule has 1 aromatic heterocycles. The van der Waals surface area contributed by atoms with E-state index >= 15 is 0 Å². The molecular formula is C17H20ClNS. The SMILES string of the molecule is CCC(NC1CCCc2sc(Cl)cc21)c1ccccc1. The van der Waals surface area contributed by atoms with Crippen LogP contribution in [-0.2, 0) is 6.42 Å². The van der Waals surface area contributed by atoms with E-state index in [1.807, 2.05) is 0 Å². The Balaban J connectivity index is 1.80. The predicted molar refractivity (Wildman–Crippen MR) is 87.6 cm³/mol. The highest BCUT2D eigenvalue weighted by molar-refractivity contribution is 7.16. The van der Waals surface area contributed by atoms with Crippen LogP contribution in [0.5, 0.6) is 0 Å². The average Bonchev–Trinajstić information content (AvgIpc) is 2.86. The molecule has 1 N–H and O–H groups in total. The lowest BCUT2D eigenvalue weighted by molar-refractivity contribution is 0.395. The molecule has 0 saturated heterocycles. The summed E-state index contributed by atoms with van der Waals surface area (Å²) in [4.78, 5) is 1.47. The zero-order valence-electron chi connectivity index (χ0n) is 11.7. The predicted octanol–water partition coefficient (Wildman–Crippen LogP) is 5.52. The molecule has 0 radical (unpaired) electrons. The normalized spacial score (nSPS) is 19.6. The van der Waals surface area contributed by atoms with Crippen molar-refractivity contribution in [2.24, 2.45) is 0 Å². The van der Waals surface area contributed by atoms with Crippen molar-refractivity contribution in [1.82, 2.24) is 5.32 Å². The maximum absolute atomic E-state index is 6.19. The third-order valence-electron chi connectivity index (χ3n) is 4.10. The molecule has 0 saturated carbocycles. The molecule has 1 nitrogen and oxygen atoms in total. The van der Waals surface area contributed by atoms with Gasteiger partial charge in [0.2, 0.25) is 0 Å². The van der Waals surface area contributed by atoms with E-state index in [0.29, 0.717) is 12.1 Å². The van der Waals surface area contributed by atoms with Crippen LogP contribution in [0.2, 0.25) is 4.34 Å². The Morgan fingerprint density at radius 2 is 2.15 bits per heavy atom. The fraction of sp³-hybridized carbons (Fsp3) is 0.412. The van der Waals surface area contributed by atoms with Gasteiger partial charge in [-0.05, 0) is 42.9 Å². The lowest BCUT2D eigenvalue weighted by Gasteiger charge is -2.28. The summed E-state index contributed by atoms with van der Waals surface area (Å²) in [6.07, 6.45) is 4.76. The Morgan fingerprint density at radius 1 is 1.35 bits per heavy atom. The molecule has 2 aromatic rings. The van der Waals surface area contributed by atoms with Crippen LogP contribution in [-0.4, -0.2) is 0 Å². The summed E-state index contributed by atoms with van der Waals surface area (Å²) in [5.41, 5.74) is 2.81. The Hall–Kier alpha value is -0.830. The van der Waals surface area contributed by atoms with Crippen molar-refractivity contribution in [3.8, 4) is 0 Å². The van der Waals surface area contributed by atoms with Gasteiger partial charge >= 0.3 is 0 Å². The van der Waals surface area contributed by atoms with Crippen LogP contribution in [0.25, 0.3) is 0 Å². The maximum Gasteiger partial charge on any atom is 0.0934 e. The first-order valence-electron chi connectivity index (χ1n) is 7.37. The van der Waals surface area contributed by atoms with Crippen molar-refractivity contribution in [2.45, 2.75) is 44.7 Å². The molecular weight excluding hydrogens is 286 g/mol. The van der Waals surface area contributed by atoms with Crippen LogP contribution >= 0.6 is 22.9 Å². The second-order valence-corrected chi connectivity index (χ2v) is 7.18. The number of aryl methyl sites for hydroxylation is 1. The van der Waals surface area contributed by atoms with Gasteiger partial charge in [0, 0.05) is 17.0 Å². The largest absolute Gasteiger partial charge is 0.303 e. The first-order chi connectivity index (χ1) is 9.78. The molecule has 2 unspecified atom stereocenters. The van der Waals surface area contributed by atoms with E-state index < -0.39 is 0 Å². The van der Waals surface area contributed by atoms with Gasteiger partial charge in [0.15, 0.2) is 0 Å². The number of rotatable bonds is 4. The summed E-state index contributed by atoms with van der Waals surface area (Å²) in [5, 5.41) is 3.84. The number of hydrogen-bond acceptors (Lipinski definition) is 2. The third-order valence-corrected chi connectivity index (χ3v) is 5.44. The smallest absolute Gasteiger partial charge is 0.0934 e. The Labute approximate surface area is 130 Å². The van der Waals surface area contributed by atoms with Crippen LogP contribution in [0.1, 0.15) is 54.3 Å². The van der Waals surface area contributed by atoms with Crippen molar-refractivity contribution in [3.63, 3.8) is 0 Å². The van der Waals surface area contributed by atoms with Crippen molar-refractivity contribution in [2.75, 3.05) is 0 Å². The molecule has 0 bridgehead atoms. The summed E-state index contributed by atoms with van der Waals surface area (Å²) >= 11 is 7.94. The number of hydrogen-bond donors (Lipinski definition) is 1. The van der Waals surface area contributed by atoms with Gasteiger partial charge in [-0.25, -0.2) is 0 Å². The van der Waals surface area contributed by atoms with Gasteiger partial charge in [0.05, 0.1) is 4.34 Å². The molecule has 0 aliphatic heterocycles. The Kier molecular flexibility index (Phi) is 4.45. The van der Waals surface area contributed by atoms with E-state index in [4.69, 9.17) is 11.6 Å². The molecule has 106 valence electrons. The number of nitrogens with one attached hydrogen (secondary N) is 1. The fourth-order valence-electron chi connectivity index (χ4n) is 3.07. The van der Waals surface area contributed by atoms with E-state index in [9.17, 15) is 0 Å². The van der Waals surface area contributed by atoms with Crippen LogP contribution in [0.4, 0.5) is 0 Å². The molecule has 2 atom stereocenters. The molecule has 0 amide bonds. The van der Waals surface area contributed by atoms with Gasteiger partial charge in [0.25, 0.3) is 0 Å². The summed E-state index contributed by atoms with van der Waals surface area (Å²) in [7, 11) is 0. The van der Waals surface area contributed by atoms with Crippen LogP contribution < -0.4 is 5.32 Å². The third kappa shape index (κ3) is 2.93. The standard InChI is InChI=1S/C17H20ClNS/c1-2-14(12-7-4-3-5-8-12)19-15-9-6-10-16-13(15)11-17(18)20-16/h3-5,7-8,11,14-15,19H,2,6,9-10H2,1H3. The molecule has 0 spiro atoms. The summed E-state index contributed by atoms with van der Waals surface area (Å²) in [6, 6.07) is 13.8. The first kappa shape index (κ1) is 14.1. The van der Waals surface area contributed by atoms with Crippen molar-refractivity contribution in [3.05, 3.63) is 56.7 Å². The van der Waals surface area contributed by atoms with Gasteiger partial charge in [-0.15, -0.1) is 11.3 Å². The van der Waals surface area contributed by atoms with Crippen LogP contribution in [0.3, 0.4) is 0 Å². The molecule has 3 rings (SSSR count). The van der Waals surface area contributed by atoms with Crippen molar-refractivity contribution in [1.29, 1.82) is 0 Å². The van der Waals surface area contributed by atoms with Crippen molar-refractivity contribution < 1.29 is 0 Å². The topological polar surface area (TPSA) is 12.0 Å². The molecule has 3 heteroatoms. The average molecular weight is 306 g/mol. The lowest BCUT2D eigenvalue weighted by atomic mass is 9.92. The highest BCUT2D eigenvalue weighted by Crippen LogP contribution is 2.39. The zero-order chi connectivity index (χ0) is 13.9. The van der Waals surface area contributed by atoms with E-state index in [0.717, 1.165) is 10.8 Å². The molecule has 1 aliphatic rings. The van der Waals surface area contributed by atoms with Gasteiger partial charge in [0.1, 0.15) is 0 Å². The Morgan fingerprint density at radius 3 is 2.90 bits per heavy atom. The molecule has 1 aromatic carbocycles. The number of fused-ring (bicyclic) bond motifs is 1. The monoisotopic (exact) mass is 305 g/mol. The van der Waals surface area contributed by atoms with Crippen LogP contribution in [0.15, 0.2) is 36.4 Å².